The lowest BCUT2D eigenvalue weighted by molar-refractivity contribution is 0.276. The molecule has 3 heteroatoms. The second kappa shape index (κ2) is 8.41. The Morgan fingerprint density at radius 2 is 1.91 bits per heavy atom. The van der Waals surface area contributed by atoms with Gasteiger partial charge in [-0.3, -0.25) is 4.79 Å². The second-order valence-corrected chi connectivity index (χ2v) is 4.14. The summed E-state index contributed by atoms with van der Waals surface area (Å²) in [4.78, 5) is 10.3. The predicted molar refractivity (Wildman–Crippen MR) is 52.5 cm³/mol. The molecule has 0 heterocycles. The van der Waals surface area contributed by atoms with Crippen LogP contribution in [0.2, 0.25) is 0 Å². The van der Waals surface area contributed by atoms with Gasteiger partial charge in [-0.2, -0.15) is 0 Å². The number of unbranched alkanes of at least 4 members (excludes halogenated alkanes) is 4. The van der Waals surface area contributed by atoms with Crippen molar-refractivity contribution in [2.24, 2.45) is 0 Å². The molecule has 0 aromatic heterocycles. The highest BCUT2D eigenvalue weighted by Gasteiger charge is 1.95. The lowest BCUT2D eigenvalue weighted by Crippen LogP contribution is -1.83. The fourth-order valence-electron chi connectivity index (χ4n) is 0.858. The Labute approximate surface area is 77.9 Å². The molecule has 0 aliphatic heterocycles. The number of carbonyl (C=O) groups excluding carboxylic acids is 1. The summed E-state index contributed by atoms with van der Waals surface area (Å²) < 4.78 is -0.277. The van der Waals surface area contributed by atoms with E-state index in [9.17, 15) is 4.79 Å². The first-order chi connectivity index (χ1) is 5.27. The highest BCUT2D eigenvalue weighted by atomic mass is 35.5. The molecule has 0 amide bonds. The van der Waals surface area contributed by atoms with Crippen LogP contribution in [0.25, 0.3) is 0 Å². The van der Waals surface area contributed by atoms with E-state index in [0.29, 0.717) is 0 Å². The van der Waals surface area contributed by atoms with Gasteiger partial charge in [0, 0.05) is 5.75 Å². The third kappa shape index (κ3) is 10.3. The summed E-state index contributed by atoms with van der Waals surface area (Å²) >= 11 is 6.36. The standard InChI is InChI=1S/C8H15ClOS/c1-2-3-4-5-6-7-11-8(9)10/h2-7H2,1H3. The smallest absolute Gasteiger partial charge is 0.268 e. The van der Waals surface area contributed by atoms with Crippen molar-refractivity contribution in [3.05, 3.63) is 0 Å². The van der Waals surface area contributed by atoms with Gasteiger partial charge in [-0.25, -0.2) is 0 Å². The Hall–Kier alpha value is 0.310. The summed E-state index contributed by atoms with van der Waals surface area (Å²) in [6.07, 6.45) is 6.20. The van der Waals surface area contributed by atoms with Crippen LogP contribution in [0.5, 0.6) is 0 Å². The average Bonchev–Trinajstić information content (AvgIpc) is 1.96. The van der Waals surface area contributed by atoms with Gasteiger partial charge in [0.25, 0.3) is 4.57 Å². The zero-order valence-corrected chi connectivity index (χ0v) is 8.51. The van der Waals surface area contributed by atoms with E-state index in [-0.39, 0.29) is 4.57 Å². The van der Waals surface area contributed by atoms with Crippen molar-refractivity contribution in [2.75, 3.05) is 5.75 Å². The summed E-state index contributed by atoms with van der Waals surface area (Å²) in [5.41, 5.74) is 0. The number of rotatable bonds is 6. The SMILES string of the molecule is CCCCCCCSC(=O)Cl. The molecule has 66 valence electrons. The van der Waals surface area contributed by atoms with Gasteiger partial charge in [0.05, 0.1) is 0 Å². The van der Waals surface area contributed by atoms with E-state index in [1.54, 1.807) is 0 Å². The summed E-state index contributed by atoms with van der Waals surface area (Å²) in [7, 11) is 0. The second-order valence-electron chi connectivity index (χ2n) is 2.50. The van der Waals surface area contributed by atoms with Crippen LogP contribution in [-0.2, 0) is 0 Å². The van der Waals surface area contributed by atoms with Gasteiger partial charge in [-0.1, -0.05) is 44.4 Å². The average molecular weight is 195 g/mol. The first-order valence-electron chi connectivity index (χ1n) is 4.09. The molecular weight excluding hydrogens is 180 g/mol. The van der Waals surface area contributed by atoms with E-state index < -0.39 is 0 Å². The summed E-state index contributed by atoms with van der Waals surface area (Å²) in [5, 5.41) is 0. The Bertz CT molecular complexity index is 106. The molecule has 0 rings (SSSR count). The third-order valence-corrected chi connectivity index (χ3v) is 2.51. The van der Waals surface area contributed by atoms with Gasteiger partial charge in [0.2, 0.25) is 0 Å². The normalized spacial score (nSPS) is 10.0. The topological polar surface area (TPSA) is 17.1 Å². The Morgan fingerprint density at radius 3 is 2.45 bits per heavy atom. The minimum absolute atomic E-state index is 0.277. The lowest BCUT2D eigenvalue weighted by Gasteiger charge is -1.96. The molecular formula is C8H15ClOS. The van der Waals surface area contributed by atoms with E-state index in [4.69, 9.17) is 11.6 Å². The first-order valence-corrected chi connectivity index (χ1v) is 5.46. The maximum Gasteiger partial charge on any atom is 0.279 e. The van der Waals surface area contributed by atoms with Crippen LogP contribution in [0.1, 0.15) is 39.0 Å². The zero-order chi connectivity index (χ0) is 8.53. The van der Waals surface area contributed by atoms with Crippen LogP contribution in [0.15, 0.2) is 0 Å². The fourth-order valence-corrected chi connectivity index (χ4v) is 1.60. The Balaban J connectivity index is 2.85. The molecule has 0 spiro atoms. The minimum Gasteiger partial charge on any atom is -0.268 e. The van der Waals surface area contributed by atoms with Gasteiger partial charge < -0.3 is 0 Å². The van der Waals surface area contributed by atoms with Crippen molar-refractivity contribution in [3.8, 4) is 0 Å². The van der Waals surface area contributed by atoms with Crippen molar-refractivity contribution >= 4 is 27.9 Å². The number of carbonyl (C=O) groups is 1. The molecule has 0 fully saturated rings. The zero-order valence-electron chi connectivity index (χ0n) is 6.94. The van der Waals surface area contributed by atoms with E-state index in [2.05, 4.69) is 6.92 Å². The maximum absolute atomic E-state index is 10.3. The number of hydrogen-bond acceptors (Lipinski definition) is 2. The van der Waals surface area contributed by atoms with Gasteiger partial charge in [0.1, 0.15) is 0 Å². The first kappa shape index (κ1) is 11.3. The largest absolute Gasteiger partial charge is 0.279 e. The molecule has 0 aromatic carbocycles. The van der Waals surface area contributed by atoms with E-state index in [1.807, 2.05) is 0 Å². The van der Waals surface area contributed by atoms with Crippen molar-refractivity contribution in [3.63, 3.8) is 0 Å². The van der Waals surface area contributed by atoms with Crippen LogP contribution < -0.4 is 0 Å². The monoisotopic (exact) mass is 194 g/mol. The van der Waals surface area contributed by atoms with Gasteiger partial charge in [-0.05, 0) is 18.0 Å². The highest BCUT2D eigenvalue weighted by Crippen LogP contribution is 2.11. The van der Waals surface area contributed by atoms with Crippen LogP contribution in [0.4, 0.5) is 4.79 Å². The van der Waals surface area contributed by atoms with Gasteiger partial charge in [-0.15, -0.1) is 0 Å². The van der Waals surface area contributed by atoms with Crippen molar-refractivity contribution in [1.29, 1.82) is 0 Å². The number of hydrogen-bond donors (Lipinski definition) is 0. The summed E-state index contributed by atoms with van der Waals surface area (Å²) in [6.45, 7) is 2.19. The minimum atomic E-state index is -0.277. The maximum atomic E-state index is 10.3. The molecule has 0 aliphatic rings. The molecule has 0 aromatic rings. The summed E-state index contributed by atoms with van der Waals surface area (Å²) in [6, 6.07) is 0. The summed E-state index contributed by atoms with van der Waals surface area (Å²) in [5.74, 6) is 0.881. The van der Waals surface area contributed by atoms with Crippen LogP contribution in [0, 0.1) is 0 Å². The van der Waals surface area contributed by atoms with E-state index in [0.717, 1.165) is 12.2 Å². The molecule has 0 radical (unpaired) electrons. The Morgan fingerprint density at radius 1 is 1.27 bits per heavy atom. The van der Waals surface area contributed by atoms with Crippen LogP contribution in [0.3, 0.4) is 0 Å². The molecule has 1 nitrogen and oxygen atoms in total. The van der Waals surface area contributed by atoms with Gasteiger partial charge in [0.15, 0.2) is 0 Å². The van der Waals surface area contributed by atoms with Crippen molar-refractivity contribution in [1.82, 2.24) is 0 Å². The molecule has 0 saturated heterocycles. The molecule has 0 atom stereocenters. The molecule has 0 N–H and O–H groups in total. The molecule has 0 saturated carbocycles. The van der Waals surface area contributed by atoms with E-state index >= 15 is 0 Å². The predicted octanol–water partition coefficient (Wildman–Crippen LogP) is 4.05. The van der Waals surface area contributed by atoms with Crippen molar-refractivity contribution < 1.29 is 4.79 Å². The van der Waals surface area contributed by atoms with Gasteiger partial charge >= 0.3 is 0 Å². The number of halogens is 1. The molecule has 0 bridgehead atoms. The highest BCUT2D eigenvalue weighted by molar-refractivity contribution is 8.16. The van der Waals surface area contributed by atoms with E-state index in [1.165, 1.54) is 37.4 Å². The van der Waals surface area contributed by atoms with Crippen LogP contribution >= 0.6 is 23.4 Å². The molecule has 0 unspecified atom stereocenters. The quantitative estimate of drug-likeness (QED) is 0.469. The number of thioether (sulfide) groups is 1. The fraction of sp³-hybridized carbons (Fsp3) is 0.875. The third-order valence-electron chi connectivity index (χ3n) is 1.46. The molecule has 0 aliphatic carbocycles. The van der Waals surface area contributed by atoms with Crippen molar-refractivity contribution in [2.45, 2.75) is 39.0 Å². The lowest BCUT2D eigenvalue weighted by atomic mass is 10.2. The van der Waals surface area contributed by atoms with Crippen LogP contribution in [-0.4, -0.2) is 10.3 Å². The molecule has 11 heavy (non-hydrogen) atoms. The Kier molecular flexibility index (Phi) is 8.64.